The highest BCUT2D eigenvalue weighted by Gasteiger charge is 2.18. The van der Waals surface area contributed by atoms with E-state index < -0.39 is 0 Å². The molecule has 2 rings (SSSR count). The number of carbonyl (C=O) groups excluding carboxylic acids is 1. The van der Waals surface area contributed by atoms with Gasteiger partial charge in [-0.25, -0.2) is 0 Å². The molecule has 1 heteroatoms. The Hall–Kier alpha value is -1.11. The molecule has 0 unspecified atom stereocenters. The lowest BCUT2D eigenvalue weighted by Crippen LogP contribution is -2.10. The summed E-state index contributed by atoms with van der Waals surface area (Å²) in [5.74, 6) is 0.975. The summed E-state index contributed by atoms with van der Waals surface area (Å²) < 4.78 is 0. The number of benzene rings is 1. The first-order chi connectivity index (χ1) is 8.66. The van der Waals surface area contributed by atoms with Crippen molar-refractivity contribution in [1.82, 2.24) is 0 Å². The van der Waals surface area contributed by atoms with Crippen LogP contribution in [0.2, 0.25) is 0 Å². The summed E-state index contributed by atoms with van der Waals surface area (Å²) in [7, 11) is 0. The second kappa shape index (κ2) is 6.17. The Labute approximate surface area is 111 Å². The van der Waals surface area contributed by atoms with Gasteiger partial charge in [0.05, 0.1) is 0 Å². The third kappa shape index (κ3) is 3.44. The van der Waals surface area contributed by atoms with Gasteiger partial charge in [-0.05, 0) is 31.4 Å². The topological polar surface area (TPSA) is 17.1 Å². The average molecular weight is 244 g/mol. The van der Waals surface area contributed by atoms with Gasteiger partial charge in [-0.3, -0.25) is 4.79 Å². The van der Waals surface area contributed by atoms with Crippen molar-refractivity contribution < 1.29 is 4.79 Å². The molecule has 0 spiro atoms. The van der Waals surface area contributed by atoms with E-state index in [1.54, 1.807) is 0 Å². The van der Waals surface area contributed by atoms with E-state index in [1.165, 1.54) is 44.1 Å². The molecule has 98 valence electrons. The lowest BCUT2D eigenvalue weighted by atomic mass is 9.90. The maximum absolute atomic E-state index is 12.4. The summed E-state index contributed by atoms with van der Waals surface area (Å²) in [6.45, 7) is 4.10. The SMILES string of the molecule is Cc1ccc(C)c(C(=O)CC2CCCCCC2)c1. The second-order valence-corrected chi connectivity index (χ2v) is 5.80. The van der Waals surface area contributed by atoms with E-state index in [2.05, 4.69) is 19.1 Å². The Morgan fingerprint density at radius 3 is 2.44 bits per heavy atom. The minimum absolute atomic E-state index is 0.350. The number of rotatable bonds is 3. The van der Waals surface area contributed by atoms with Crippen LogP contribution in [0.5, 0.6) is 0 Å². The van der Waals surface area contributed by atoms with Gasteiger partial charge >= 0.3 is 0 Å². The van der Waals surface area contributed by atoms with Gasteiger partial charge in [0.2, 0.25) is 0 Å². The lowest BCUT2D eigenvalue weighted by molar-refractivity contribution is 0.0956. The summed E-state index contributed by atoms with van der Waals surface area (Å²) in [5.41, 5.74) is 3.25. The van der Waals surface area contributed by atoms with Crippen molar-refractivity contribution in [2.24, 2.45) is 5.92 Å². The molecule has 0 radical (unpaired) electrons. The number of carbonyl (C=O) groups is 1. The molecular weight excluding hydrogens is 220 g/mol. The first-order valence-electron chi connectivity index (χ1n) is 7.27. The summed E-state index contributed by atoms with van der Waals surface area (Å²) >= 11 is 0. The minimum atomic E-state index is 0.350. The van der Waals surface area contributed by atoms with Crippen molar-refractivity contribution in [1.29, 1.82) is 0 Å². The van der Waals surface area contributed by atoms with Gasteiger partial charge in [-0.2, -0.15) is 0 Å². The Kier molecular flexibility index (Phi) is 4.57. The number of ketones is 1. The smallest absolute Gasteiger partial charge is 0.163 e. The Morgan fingerprint density at radius 2 is 1.78 bits per heavy atom. The van der Waals surface area contributed by atoms with Crippen molar-refractivity contribution in [3.63, 3.8) is 0 Å². The van der Waals surface area contributed by atoms with Crippen LogP contribution in [0.1, 0.15) is 66.4 Å². The van der Waals surface area contributed by atoms with Gasteiger partial charge in [0.1, 0.15) is 0 Å². The van der Waals surface area contributed by atoms with Crippen LogP contribution in [-0.2, 0) is 0 Å². The zero-order valence-electron chi connectivity index (χ0n) is 11.7. The third-order valence-electron chi connectivity index (χ3n) is 4.14. The first-order valence-corrected chi connectivity index (χ1v) is 7.27. The van der Waals surface area contributed by atoms with Crippen LogP contribution in [0, 0.1) is 19.8 Å². The molecule has 1 fully saturated rings. The van der Waals surface area contributed by atoms with Gasteiger partial charge in [0.15, 0.2) is 5.78 Å². The highest BCUT2D eigenvalue weighted by atomic mass is 16.1. The zero-order chi connectivity index (χ0) is 13.0. The van der Waals surface area contributed by atoms with E-state index >= 15 is 0 Å². The van der Waals surface area contributed by atoms with Crippen LogP contribution in [0.4, 0.5) is 0 Å². The standard InChI is InChI=1S/C17H24O/c1-13-9-10-14(2)16(11-13)17(18)12-15-7-5-3-4-6-8-15/h9-11,15H,3-8,12H2,1-2H3. The average Bonchev–Trinajstić information content (AvgIpc) is 2.61. The fourth-order valence-electron chi connectivity index (χ4n) is 2.98. The molecule has 0 heterocycles. The van der Waals surface area contributed by atoms with Crippen molar-refractivity contribution in [3.05, 3.63) is 34.9 Å². The van der Waals surface area contributed by atoms with E-state index in [4.69, 9.17) is 0 Å². The normalized spacial score (nSPS) is 17.4. The molecule has 1 aliphatic carbocycles. The molecule has 1 nitrogen and oxygen atoms in total. The summed E-state index contributed by atoms with van der Waals surface area (Å²) in [6, 6.07) is 6.20. The van der Waals surface area contributed by atoms with E-state index in [1.807, 2.05) is 13.0 Å². The number of Topliss-reactive ketones (excluding diaryl/α,β-unsaturated/α-hetero) is 1. The molecule has 0 aliphatic heterocycles. The van der Waals surface area contributed by atoms with Crippen molar-refractivity contribution in [3.8, 4) is 0 Å². The minimum Gasteiger partial charge on any atom is -0.294 e. The zero-order valence-corrected chi connectivity index (χ0v) is 11.7. The fourth-order valence-corrected chi connectivity index (χ4v) is 2.98. The summed E-state index contributed by atoms with van der Waals surface area (Å²) in [5, 5.41) is 0. The molecule has 0 aromatic heterocycles. The fraction of sp³-hybridized carbons (Fsp3) is 0.588. The van der Waals surface area contributed by atoms with Gasteiger partial charge in [-0.15, -0.1) is 0 Å². The first kappa shape index (κ1) is 13.3. The Balaban J connectivity index is 2.04. The monoisotopic (exact) mass is 244 g/mol. The summed E-state index contributed by atoms with van der Waals surface area (Å²) in [6.07, 6.45) is 8.58. The van der Waals surface area contributed by atoms with Crippen LogP contribution in [0.15, 0.2) is 18.2 Å². The molecule has 1 saturated carbocycles. The largest absolute Gasteiger partial charge is 0.294 e. The van der Waals surface area contributed by atoms with Crippen LogP contribution in [-0.4, -0.2) is 5.78 Å². The third-order valence-corrected chi connectivity index (χ3v) is 4.14. The number of hydrogen-bond donors (Lipinski definition) is 0. The van der Waals surface area contributed by atoms with Crippen molar-refractivity contribution in [2.45, 2.75) is 58.8 Å². The van der Waals surface area contributed by atoms with Gasteiger partial charge in [0, 0.05) is 12.0 Å². The maximum Gasteiger partial charge on any atom is 0.163 e. The quantitative estimate of drug-likeness (QED) is 0.549. The molecule has 1 aromatic rings. The van der Waals surface area contributed by atoms with Crippen LogP contribution in [0.3, 0.4) is 0 Å². The number of hydrogen-bond acceptors (Lipinski definition) is 1. The van der Waals surface area contributed by atoms with Gasteiger partial charge < -0.3 is 0 Å². The number of aryl methyl sites for hydroxylation is 2. The van der Waals surface area contributed by atoms with E-state index in [-0.39, 0.29) is 0 Å². The van der Waals surface area contributed by atoms with E-state index in [9.17, 15) is 4.79 Å². The molecule has 1 aromatic carbocycles. The van der Waals surface area contributed by atoms with Crippen LogP contribution in [0.25, 0.3) is 0 Å². The molecular formula is C17H24O. The van der Waals surface area contributed by atoms with Crippen molar-refractivity contribution in [2.75, 3.05) is 0 Å². The molecule has 0 atom stereocenters. The van der Waals surface area contributed by atoms with Crippen molar-refractivity contribution >= 4 is 5.78 Å². The molecule has 0 bridgehead atoms. The Morgan fingerprint density at radius 1 is 1.11 bits per heavy atom. The van der Waals surface area contributed by atoms with Crippen LogP contribution >= 0.6 is 0 Å². The maximum atomic E-state index is 12.4. The highest BCUT2D eigenvalue weighted by Crippen LogP contribution is 2.27. The molecule has 1 aliphatic rings. The molecule has 0 N–H and O–H groups in total. The predicted octanol–water partition coefficient (Wildman–Crippen LogP) is 4.85. The van der Waals surface area contributed by atoms with E-state index in [0.717, 1.165) is 17.5 Å². The Bertz CT molecular complexity index is 412. The molecule has 18 heavy (non-hydrogen) atoms. The van der Waals surface area contributed by atoms with Gasteiger partial charge in [0.25, 0.3) is 0 Å². The molecule has 0 saturated heterocycles. The van der Waals surface area contributed by atoms with Crippen LogP contribution < -0.4 is 0 Å². The predicted molar refractivity (Wildman–Crippen MR) is 76.1 cm³/mol. The highest BCUT2D eigenvalue weighted by molar-refractivity contribution is 5.97. The summed E-state index contributed by atoms with van der Waals surface area (Å²) in [4.78, 5) is 12.4. The van der Waals surface area contributed by atoms with E-state index in [0.29, 0.717) is 11.7 Å². The van der Waals surface area contributed by atoms with Gasteiger partial charge in [-0.1, -0.05) is 56.2 Å². The molecule has 0 amide bonds. The second-order valence-electron chi connectivity index (χ2n) is 5.80. The lowest BCUT2D eigenvalue weighted by Gasteiger charge is -2.14.